The second-order valence-electron chi connectivity index (χ2n) is 5.68. The van der Waals surface area contributed by atoms with Gasteiger partial charge >= 0.3 is 0 Å². The van der Waals surface area contributed by atoms with E-state index in [1.54, 1.807) is 0 Å². The standard InChI is InChI=1S/C14H28N2/c1-3-16(13-8-9-13)11-10-15-14-7-5-4-6-12(14)2/h12-15H,3-11H2,1-2H3. The van der Waals surface area contributed by atoms with Crippen molar-refractivity contribution in [3.63, 3.8) is 0 Å². The SMILES string of the molecule is CCN(CCNC1CCCCC1C)C1CC1. The van der Waals surface area contributed by atoms with Crippen LogP contribution in [0.5, 0.6) is 0 Å². The minimum absolute atomic E-state index is 0.798. The van der Waals surface area contributed by atoms with Crippen LogP contribution in [0.2, 0.25) is 0 Å². The van der Waals surface area contributed by atoms with E-state index in [2.05, 4.69) is 24.1 Å². The molecule has 94 valence electrons. The van der Waals surface area contributed by atoms with Crippen LogP contribution in [-0.2, 0) is 0 Å². The first-order chi connectivity index (χ1) is 7.81. The van der Waals surface area contributed by atoms with Crippen LogP contribution in [0.3, 0.4) is 0 Å². The lowest BCUT2D eigenvalue weighted by atomic mass is 9.86. The minimum atomic E-state index is 0.798. The second kappa shape index (κ2) is 6.02. The summed E-state index contributed by atoms with van der Waals surface area (Å²) in [6.07, 6.45) is 8.58. The predicted octanol–water partition coefficient (Wildman–Crippen LogP) is 2.64. The zero-order chi connectivity index (χ0) is 11.4. The molecule has 0 saturated heterocycles. The number of nitrogens with one attached hydrogen (secondary N) is 1. The zero-order valence-corrected chi connectivity index (χ0v) is 11.0. The van der Waals surface area contributed by atoms with Crippen LogP contribution in [0.15, 0.2) is 0 Å². The summed E-state index contributed by atoms with van der Waals surface area (Å²) < 4.78 is 0. The van der Waals surface area contributed by atoms with E-state index in [4.69, 9.17) is 0 Å². The molecule has 2 heteroatoms. The first-order valence-corrected chi connectivity index (χ1v) is 7.28. The van der Waals surface area contributed by atoms with Crippen molar-refractivity contribution >= 4 is 0 Å². The molecule has 0 amide bonds. The van der Waals surface area contributed by atoms with Gasteiger partial charge in [0.25, 0.3) is 0 Å². The van der Waals surface area contributed by atoms with Gasteiger partial charge in [0.15, 0.2) is 0 Å². The molecule has 2 aliphatic rings. The molecule has 0 radical (unpaired) electrons. The summed E-state index contributed by atoms with van der Waals surface area (Å²) in [4.78, 5) is 2.64. The fourth-order valence-electron chi connectivity index (χ4n) is 3.05. The van der Waals surface area contributed by atoms with Gasteiger partial charge in [-0.05, 0) is 38.1 Å². The van der Waals surface area contributed by atoms with Crippen LogP contribution in [0, 0.1) is 5.92 Å². The molecule has 2 aliphatic carbocycles. The van der Waals surface area contributed by atoms with Crippen LogP contribution in [0.25, 0.3) is 0 Å². The maximum absolute atomic E-state index is 3.78. The van der Waals surface area contributed by atoms with Gasteiger partial charge in [-0.15, -0.1) is 0 Å². The summed E-state index contributed by atoms with van der Waals surface area (Å²) in [6, 6.07) is 1.72. The lowest BCUT2D eigenvalue weighted by Gasteiger charge is -2.30. The Bertz CT molecular complexity index is 201. The molecule has 1 N–H and O–H groups in total. The van der Waals surface area contributed by atoms with Gasteiger partial charge in [-0.3, -0.25) is 4.90 Å². The molecule has 0 bridgehead atoms. The third-order valence-corrected chi connectivity index (χ3v) is 4.39. The first-order valence-electron chi connectivity index (χ1n) is 7.28. The Labute approximate surface area is 101 Å². The van der Waals surface area contributed by atoms with E-state index in [0.717, 1.165) is 18.0 Å². The summed E-state index contributed by atoms with van der Waals surface area (Å²) in [5, 5.41) is 3.78. The summed E-state index contributed by atoms with van der Waals surface area (Å²) in [7, 11) is 0. The van der Waals surface area contributed by atoms with Crippen molar-refractivity contribution in [1.82, 2.24) is 10.2 Å². The van der Waals surface area contributed by atoms with Crippen molar-refractivity contribution in [1.29, 1.82) is 0 Å². The normalized spacial score (nSPS) is 30.9. The maximum Gasteiger partial charge on any atom is 0.0110 e. The van der Waals surface area contributed by atoms with Crippen LogP contribution in [0.4, 0.5) is 0 Å². The average molecular weight is 224 g/mol. The van der Waals surface area contributed by atoms with E-state index in [1.165, 1.54) is 58.2 Å². The quantitative estimate of drug-likeness (QED) is 0.746. The third-order valence-electron chi connectivity index (χ3n) is 4.39. The van der Waals surface area contributed by atoms with Crippen molar-refractivity contribution in [3.05, 3.63) is 0 Å². The molecular formula is C14H28N2. The molecule has 2 saturated carbocycles. The molecule has 2 fully saturated rings. The highest BCUT2D eigenvalue weighted by Gasteiger charge is 2.27. The number of hydrogen-bond acceptors (Lipinski definition) is 2. The molecule has 0 heterocycles. The van der Waals surface area contributed by atoms with Gasteiger partial charge in [-0.25, -0.2) is 0 Å². The van der Waals surface area contributed by atoms with Crippen molar-refractivity contribution < 1.29 is 0 Å². The van der Waals surface area contributed by atoms with Gasteiger partial charge < -0.3 is 5.32 Å². The van der Waals surface area contributed by atoms with Crippen LogP contribution in [0.1, 0.15) is 52.4 Å². The molecule has 0 aliphatic heterocycles. The van der Waals surface area contributed by atoms with Gasteiger partial charge in [0.2, 0.25) is 0 Å². The fraction of sp³-hybridized carbons (Fsp3) is 1.00. The second-order valence-corrected chi connectivity index (χ2v) is 5.68. The highest BCUT2D eigenvalue weighted by molar-refractivity contribution is 4.85. The van der Waals surface area contributed by atoms with Gasteiger partial charge in [-0.2, -0.15) is 0 Å². The topological polar surface area (TPSA) is 15.3 Å². The smallest absolute Gasteiger partial charge is 0.0110 e. The molecule has 2 rings (SSSR count). The molecule has 16 heavy (non-hydrogen) atoms. The van der Waals surface area contributed by atoms with Gasteiger partial charge in [0.05, 0.1) is 0 Å². The summed E-state index contributed by atoms with van der Waals surface area (Å²) in [5.41, 5.74) is 0. The molecule has 0 spiro atoms. The van der Waals surface area contributed by atoms with Crippen molar-refractivity contribution in [3.8, 4) is 0 Å². The lowest BCUT2D eigenvalue weighted by Crippen LogP contribution is -2.42. The van der Waals surface area contributed by atoms with Gasteiger partial charge in [-0.1, -0.05) is 26.7 Å². The summed E-state index contributed by atoms with van der Waals surface area (Å²) in [5.74, 6) is 0.893. The Hall–Kier alpha value is -0.0800. The van der Waals surface area contributed by atoms with E-state index in [0.29, 0.717) is 0 Å². The van der Waals surface area contributed by atoms with E-state index in [1.807, 2.05) is 0 Å². The van der Waals surface area contributed by atoms with E-state index in [-0.39, 0.29) is 0 Å². The van der Waals surface area contributed by atoms with E-state index in [9.17, 15) is 0 Å². The Balaban J connectivity index is 1.62. The van der Waals surface area contributed by atoms with E-state index < -0.39 is 0 Å². The number of likely N-dealkylation sites (N-methyl/N-ethyl adjacent to an activating group) is 1. The number of hydrogen-bond donors (Lipinski definition) is 1. The molecule has 2 atom stereocenters. The largest absolute Gasteiger partial charge is 0.312 e. The lowest BCUT2D eigenvalue weighted by molar-refractivity contribution is 0.241. The maximum atomic E-state index is 3.78. The number of rotatable bonds is 6. The average Bonchev–Trinajstić information content (AvgIpc) is 3.11. The molecule has 2 nitrogen and oxygen atoms in total. The zero-order valence-electron chi connectivity index (χ0n) is 11.0. The van der Waals surface area contributed by atoms with Gasteiger partial charge in [0, 0.05) is 25.2 Å². The van der Waals surface area contributed by atoms with Crippen molar-refractivity contribution in [2.75, 3.05) is 19.6 Å². The Morgan fingerprint density at radius 2 is 1.88 bits per heavy atom. The predicted molar refractivity (Wildman–Crippen MR) is 69.7 cm³/mol. The minimum Gasteiger partial charge on any atom is -0.312 e. The van der Waals surface area contributed by atoms with E-state index >= 15 is 0 Å². The molecule has 0 aromatic rings. The molecular weight excluding hydrogens is 196 g/mol. The monoisotopic (exact) mass is 224 g/mol. The van der Waals surface area contributed by atoms with Gasteiger partial charge in [0.1, 0.15) is 0 Å². The Kier molecular flexibility index (Phi) is 4.66. The van der Waals surface area contributed by atoms with Crippen molar-refractivity contribution in [2.24, 2.45) is 5.92 Å². The highest BCUT2D eigenvalue weighted by atomic mass is 15.2. The van der Waals surface area contributed by atoms with Crippen molar-refractivity contribution in [2.45, 2.75) is 64.5 Å². The summed E-state index contributed by atoms with van der Waals surface area (Å²) >= 11 is 0. The molecule has 0 aromatic carbocycles. The molecule has 2 unspecified atom stereocenters. The number of nitrogens with zero attached hydrogens (tertiary/aromatic N) is 1. The van der Waals surface area contributed by atoms with Crippen LogP contribution in [-0.4, -0.2) is 36.6 Å². The molecule has 0 aromatic heterocycles. The Morgan fingerprint density at radius 1 is 1.12 bits per heavy atom. The van der Waals surface area contributed by atoms with Crippen LogP contribution >= 0.6 is 0 Å². The summed E-state index contributed by atoms with van der Waals surface area (Å²) in [6.45, 7) is 8.38. The first kappa shape index (κ1) is 12.4. The van der Waals surface area contributed by atoms with Crippen LogP contribution < -0.4 is 5.32 Å². The Morgan fingerprint density at radius 3 is 2.50 bits per heavy atom. The highest BCUT2D eigenvalue weighted by Crippen LogP contribution is 2.26. The fourth-order valence-corrected chi connectivity index (χ4v) is 3.05. The third kappa shape index (κ3) is 3.46.